The number of aromatic nitrogens is 3. The summed E-state index contributed by atoms with van der Waals surface area (Å²) in [6.45, 7) is 2.87. The Balaban J connectivity index is 1.65. The molecule has 0 unspecified atom stereocenters. The largest absolute Gasteiger partial charge is 0.395 e. The Morgan fingerprint density at radius 1 is 1.33 bits per heavy atom. The topological polar surface area (TPSA) is 118 Å². The van der Waals surface area contributed by atoms with Gasteiger partial charge in [-0.3, -0.25) is 14.6 Å². The van der Waals surface area contributed by atoms with Crippen LogP contribution in [0, 0.1) is 6.92 Å². The maximum absolute atomic E-state index is 12.9. The number of ether oxygens (including phenoxy) is 1. The Morgan fingerprint density at radius 3 is 2.97 bits per heavy atom. The summed E-state index contributed by atoms with van der Waals surface area (Å²) in [5, 5.41) is 12.6. The van der Waals surface area contributed by atoms with Gasteiger partial charge in [0.1, 0.15) is 21.5 Å². The first kappa shape index (κ1) is 20.3. The van der Waals surface area contributed by atoms with Crippen molar-refractivity contribution in [1.82, 2.24) is 25.2 Å². The van der Waals surface area contributed by atoms with Crippen LogP contribution in [0.5, 0.6) is 0 Å². The van der Waals surface area contributed by atoms with E-state index in [1.54, 1.807) is 17.3 Å². The van der Waals surface area contributed by atoms with Crippen LogP contribution in [0.4, 0.5) is 0 Å². The summed E-state index contributed by atoms with van der Waals surface area (Å²) in [5.74, 6) is -0.516. The highest BCUT2D eigenvalue weighted by atomic mass is 32.1. The molecule has 2 amide bonds. The molecule has 0 bridgehead atoms. The predicted molar refractivity (Wildman–Crippen MR) is 110 cm³/mol. The molecule has 0 saturated carbocycles. The van der Waals surface area contributed by atoms with E-state index in [0.29, 0.717) is 23.6 Å². The van der Waals surface area contributed by atoms with Crippen molar-refractivity contribution >= 4 is 33.4 Å². The number of carbonyl (C=O) groups excluding carboxylic acids is 2. The number of pyridine rings is 1. The van der Waals surface area contributed by atoms with Gasteiger partial charge in [-0.15, -0.1) is 11.3 Å². The number of rotatable bonds is 5. The van der Waals surface area contributed by atoms with E-state index in [4.69, 9.17) is 9.84 Å². The Labute approximate surface area is 176 Å². The van der Waals surface area contributed by atoms with Crippen molar-refractivity contribution in [2.24, 2.45) is 0 Å². The molecule has 30 heavy (non-hydrogen) atoms. The minimum absolute atomic E-state index is 0.149. The van der Waals surface area contributed by atoms with E-state index in [9.17, 15) is 9.59 Å². The molecule has 4 heterocycles. The van der Waals surface area contributed by atoms with E-state index < -0.39 is 6.10 Å². The summed E-state index contributed by atoms with van der Waals surface area (Å²) in [5.41, 5.74) is 1.73. The van der Waals surface area contributed by atoms with Crippen molar-refractivity contribution in [3.05, 3.63) is 52.6 Å². The minimum atomic E-state index is -0.478. The lowest BCUT2D eigenvalue weighted by molar-refractivity contribution is -0.0224. The van der Waals surface area contributed by atoms with Crippen LogP contribution in [0.15, 0.2) is 30.7 Å². The Hall–Kier alpha value is -2.95. The van der Waals surface area contributed by atoms with Crippen LogP contribution in [-0.4, -0.2) is 69.6 Å². The number of aliphatic hydroxyl groups excluding tert-OH is 1. The first-order chi connectivity index (χ1) is 14.6. The van der Waals surface area contributed by atoms with Gasteiger partial charge in [-0.25, -0.2) is 9.97 Å². The number of nitrogens with one attached hydrogen (secondary N) is 1. The standard InChI is InChI=1S/C20H21N5O4S/c1-12-9-24-14(10-23-12)20(28)25-6-8-29-15(11-25)16-13-3-2-4-22-19(13)30-17(16)18(27)21-5-7-26/h2-4,9-10,15,26H,5-8,11H2,1H3,(H,21,27)/t15-/m1/s1. The molecule has 1 atom stereocenters. The summed E-state index contributed by atoms with van der Waals surface area (Å²) in [6.07, 6.45) is 4.23. The predicted octanol–water partition coefficient (Wildman–Crippen LogP) is 1.33. The zero-order valence-corrected chi connectivity index (χ0v) is 17.2. The quantitative estimate of drug-likeness (QED) is 0.631. The monoisotopic (exact) mass is 427 g/mol. The number of thiophene rings is 1. The minimum Gasteiger partial charge on any atom is -0.395 e. The molecular formula is C20H21N5O4S. The normalized spacial score (nSPS) is 16.6. The smallest absolute Gasteiger partial charge is 0.274 e. The first-order valence-electron chi connectivity index (χ1n) is 9.54. The van der Waals surface area contributed by atoms with Crippen molar-refractivity contribution in [2.45, 2.75) is 13.0 Å². The fourth-order valence-electron chi connectivity index (χ4n) is 3.36. The van der Waals surface area contributed by atoms with Gasteiger partial charge in [-0.1, -0.05) is 6.07 Å². The molecule has 0 aromatic carbocycles. The fourth-order valence-corrected chi connectivity index (χ4v) is 4.47. The zero-order valence-electron chi connectivity index (χ0n) is 16.4. The molecule has 1 fully saturated rings. The van der Waals surface area contributed by atoms with Gasteiger partial charge < -0.3 is 20.1 Å². The number of aliphatic hydroxyl groups is 1. The number of fused-ring (bicyclic) bond motifs is 1. The van der Waals surface area contributed by atoms with Crippen LogP contribution in [0.3, 0.4) is 0 Å². The SMILES string of the molecule is Cc1cnc(C(=O)N2CCO[C@@H](c3c(C(=O)NCCO)sc4ncccc34)C2)cn1. The number of nitrogens with zero attached hydrogens (tertiary/aromatic N) is 4. The number of carbonyl (C=O) groups is 2. The molecule has 0 radical (unpaired) electrons. The number of aryl methyl sites for hydroxylation is 1. The zero-order chi connectivity index (χ0) is 21.1. The van der Waals surface area contributed by atoms with E-state index in [2.05, 4.69) is 20.3 Å². The van der Waals surface area contributed by atoms with Crippen LogP contribution < -0.4 is 5.32 Å². The third-order valence-electron chi connectivity index (χ3n) is 4.78. The number of morpholine rings is 1. The highest BCUT2D eigenvalue weighted by molar-refractivity contribution is 7.20. The van der Waals surface area contributed by atoms with E-state index in [1.807, 2.05) is 19.1 Å². The van der Waals surface area contributed by atoms with Crippen molar-refractivity contribution < 1.29 is 19.4 Å². The van der Waals surface area contributed by atoms with Gasteiger partial charge in [-0.05, 0) is 13.0 Å². The third-order valence-corrected chi connectivity index (χ3v) is 5.91. The molecule has 3 aromatic rings. The molecule has 0 aliphatic carbocycles. The van der Waals surface area contributed by atoms with Gasteiger partial charge in [0, 0.05) is 36.4 Å². The molecule has 9 nitrogen and oxygen atoms in total. The molecule has 156 valence electrons. The third kappa shape index (κ3) is 4.02. The fraction of sp³-hybridized carbons (Fsp3) is 0.350. The molecule has 2 N–H and O–H groups in total. The summed E-state index contributed by atoms with van der Waals surface area (Å²) in [7, 11) is 0. The number of hydrogen-bond acceptors (Lipinski definition) is 8. The molecule has 10 heteroatoms. The Kier molecular flexibility index (Phi) is 5.98. The summed E-state index contributed by atoms with van der Waals surface area (Å²) in [6, 6.07) is 3.70. The maximum atomic E-state index is 12.9. The maximum Gasteiger partial charge on any atom is 0.274 e. The molecule has 1 saturated heterocycles. The average molecular weight is 427 g/mol. The highest BCUT2D eigenvalue weighted by Gasteiger charge is 2.32. The second-order valence-electron chi connectivity index (χ2n) is 6.83. The van der Waals surface area contributed by atoms with E-state index in [1.165, 1.54) is 17.5 Å². The van der Waals surface area contributed by atoms with Gasteiger partial charge in [0.25, 0.3) is 11.8 Å². The summed E-state index contributed by atoms with van der Waals surface area (Å²) >= 11 is 1.27. The molecule has 3 aromatic heterocycles. The van der Waals surface area contributed by atoms with Crippen LogP contribution in [0.2, 0.25) is 0 Å². The second kappa shape index (κ2) is 8.82. The van der Waals surface area contributed by atoms with Crippen molar-refractivity contribution in [1.29, 1.82) is 0 Å². The van der Waals surface area contributed by atoms with E-state index in [0.717, 1.165) is 15.9 Å². The van der Waals surface area contributed by atoms with E-state index >= 15 is 0 Å². The molecule has 1 aliphatic rings. The van der Waals surface area contributed by atoms with Crippen LogP contribution in [0.25, 0.3) is 10.2 Å². The lowest BCUT2D eigenvalue weighted by atomic mass is 10.0. The summed E-state index contributed by atoms with van der Waals surface area (Å²) in [4.78, 5) is 41.2. The number of hydrogen-bond donors (Lipinski definition) is 2. The molecule has 4 rings (SSSR count). The van der Waals surface area contributed by atoms with Gasteiger partial charge in [-0.2, -0.15) is 0 Å². The molecular weight excluding hydrogens is 406 g/mol. The van der Waals surface area contributed by atoms with Crippen LogP contribution in [-0.2, 0) is 4.74 Å². The lowest BCUT2D eigenvalue weighted by Gasteiger charge is -2.33. The second-order valence-corrected chi connectivity index (χ2v) is 7.83. The average Bonchev–Trinajstić information content (AvgIpc) is 3.17. The van der Waals surface area contributed by atoms with Crippen LogP contribution in [0.1, 0.15) is 37.5 Å². The van der Waals surface area contributed by atoms with Crippen molar-refractivity contribution in [3.8, 4) is 0 Å². The number of amides is 2. The first-order valence-corrected chi connectivity index (χ1v) is 10.4. The highest BCUT2D eigenvalue weighted by Crippen LogP contribution is 2.37. The summed E-state index contributed by atoms with van der Waals surface area (Å²) < 4.78 is 5.98. The Bertz CT molecular complexity index is 1070. The lowest BCUT2D eigenvalue weighted by Crippen LogP contribution is -2.43. The van der Waals surface area contributed by atoms with Gasteiger partial charge in [0.15, 0.2) is 0 Å². The van der Waals surface area contributed by atoms with Gasteiger partial charge >= 0.3 is 0 Å². The van der Waals surface area contributed by atoms with Crippen LogP contribution >= 0.6 is 11.3 Å². The van der Waals surface area contributed by atoms with Gasteiger partial charge in [0.2, 0.25) is 0 Å². The van der Waals surface area contributed by atoms with E-state index in [-0.39, 0.29) is 37.2 Å². The van der Waals surface area contributed by atoms with Crippen molar-refractivity contribution in [3.63, 3.8) is 0 Å². The van der Waals surface area contributed by atoms with Crippen molar-refractivity contribution in [2.75, 3.05) is 32.8 Å². The molecule has 0 spiro atoms. The van der Waals surface area contributed by atoms with Gasteiger partial charge in [0.05, 0.1) is 31.6 Å². The Morgan fingerprint density at radius 2 is 2.20 bits per heavy atom. The molecule has 1 aliphatic heterocycles.